The van der Waals surface area contributed by atoms with Crippen LogP contribution in [-0.2, 0) is 4.79 Å². The van der Waals surface area contributed by atoms with Crippen molar-refractivity contribution < 1.29 is 9.90 Å². The van der Waals surface area contributed by atoms with Gasteiger partial charge >= 0.3 is 0 Å². The lowest BCUT2D eigenvalue weighted by molar-refractivity contribution is -0.133. The number of allylic oxidation sites excluding steroid dienone is 1. The van der Waals surface area contributed by atoms with Gasteiger partial charge in [0.15, 0.2) is 5.78 Å². The second kappa shape index (κ2) is 5.82. The van der Waals surface area contributed by atoms with Crippen molar-refractivity contribution in [3.8, 4) is 0 Å². The Balaban J connectivity index is 1.97. The first-order valence-corrected chi connectivity index (χ1v) is 8.48. The second-order valence-corrected chi connectivity index (χ2v) is 7.55. The van der Waals surface area contributed by atoms with E-state index in [4.69, 9.17) is 11.6 Å². The Hall–Kier alpha value is -1.12. The number of benzene rings is 1. The molecule has 1 aromatic rings. The van der Waals surface area contributed by atoms with Gasteiger partial charge in [0.2, 0.25) is 0 Å². The molecule has 0 radical (unpaired) electrons. The number of rotatable bonds is 1. The van der Waals surface area contributed by atoms with Crippen LogP contribution in [0.1, 0.15) is 45.1 Å². The van der Waals surface area contributed by atoms with Gasteiger partial charge in [-0.2, -0.15) is 0 Å². The first kappa shape index (κ1) is 15.8. The van der Waals surface area contributed by atoms with Crippen LogP contribution in [0.3, 0.4) is 0 Å². The van der Waals surface area contributed by atoms with E-state index in [9.17, 15) is 9.90 Å². The molecule has 0 bridgehead atoms. The molecule has 0 spiro atoms. The van der Waals surface area contributed by atoms with Crippen LogP contribution in [0.2, 0.25) is 5.02 Å². The summed E-state index contributed by atoms with van der Waals surface area (Å²) in [6.45, 7) is 4.17. The van der Waals surface area contributed by atoms with Crippen molar-refractivity contribution in [2.24, 2.45) is 17.3 Å². The van der Waals surface area contributed by atoms with Crippen LogP contribution in [0, 0.1) is 17.3 Å². The van der Waals surface area contributed by atoms with Crippen molar-refractivity contribution in [1.29, 1.82) is 0 Å². The predicted octanol–water partition coefficient (Wildman–Crippen LogP) is 4.50. The van der Waals surface area contributed by atoms with Crippen LogP contribution < -0.4 is 0 Å². The zero-order chi connectivity index (χ0) is 15.9. The number of carbonyl (C=O) groups excluding carboxylic acids is 1. The molecule has 2 nitrogen and oxygen atoms in total. The Morgan fingerprint density at radius 2 is 2.14 bits per heavy atom. The molecule has 2 aliphatic rings. The number of ketones is 1. The normalized spacial score (nSPS) is 37.2. The maximum atomic E-state index is 12.7. The molecule has 2 unspecified atom stereocenters. The SMILES string of the molecule is CC1C(=O)/C(=C/c2cccc(Cl)c2)C[C@@]2(C)C1CCC[C@@H]2O. The van der Waals surface area contributed by atoms with Crippen LogP contribution in [0.25, 0.3) is 6.08 Å². The van der Waals surface area contributed by atoms with Gasteiger partial charge in [0.1, 0.15) is 0 Å². The fourth-order valence-corrected chi connectivity index (χ4v) is 4.60. The summed E-state index contributed by atoms with van der Waals surface area (Å²) < 4.78 is 0. The average molecular weight is 319 g/mol. The van der Waals surface area contributed by atoms with E-state index in [0.29, 0.717) is 17.4 Å². The summed E-state index contributed by atoms with van der Waals surface area (Å²) in [5.41, 5.74) is 1.60. The van der Waals surface area contributed by atoms with E-state index < -0.39 is 0 Å². The topological polar surface area (TPSA) is 37.3 Å². The quantitative estimate of drug-likeness (QED) is 0.774. The molecule has 4 atom stereocenters. The lowest BCUT2D eigenvalue weighted by Gasteiger charge is -2.51. The number of carbonyl (C=O) groups is 1. The number of aliphatic hydroxyl groups excluding tert-OH is 1. The van der Waals surface area contributed by atoms with Crippen molar-refractivity contribution in [3.05, 3.63) is 40.4 Å². The fraction of sp³-hybridized carbons (Fsp3) is 0.526. The van der Waals surface area contributed by atoms with Gasteiger partial charge < -0.3 is 5.11 Å². The number of aliphatic hydroxyl groups is 1. The van der Waals surface area contributed by atoms with Gasteiger partial charge in [-0.1, -0.05) is 44.0 Å². The van der Waals surface area contributed by atoms with E-state index in [2.05, 4.69) is 6.92 Å². The molecule has 1 aromatic carbocycles. The summed E-state index contributed by atoms with van der Waals surface area (Å²) >= 11 is 6.03. The van der Waals surface area contributed by atoms with Crippen molar-refractivity contribution >= 4 is 23.5 Å². The Morgan fingerprint density at radius 3 is 2.86 bits per heavy atom. The van der Waals surface area contributed by atoms with Crippen molar-refractivity contribution in [3.63, 3.8) is 0 Å². The van der Waals surface area contributed by atoms with Gasteiger partial charge in [0, 0.05) is 16.4 Å². The first-order valence-electron chi connectivity index (χ1n) is 8.10. The van der Waals surface area contributed by atoms with Gasteiger partial charge in [-0.05, 0) is 54.5 Å². The van der Waals surface area contributed by atoms with Gasteiger partial charge in [0.05, 0.1) is 6.10 Å². The molecule has 0 saturated heterocycles. The lowest BCUT2D eigenvalue weighted by atomic mass is 9.54. The molecule has 0 amide bonds. The summed E-state index contributed by atoms with van der Waals surface area (Å²) in [4.78, 5) is 12.7. The summed E-state index contributed by atoms with van der Waals surface area (Å²) in [5, 5.41) is 11.2. The molecule has 0 aromatic heterocycles. The molecule has 3 heteroatoms. The van der Waals surface area contributed by atoms with E-state index in [-0.39, 0.29) is 23.2 Å². The Bertz CT molecular complexity index is 622. The number of Topliss-reactive ketones (excluding diaryl/α,β-unsaturated/α-hetero) is 1. The molecule has 2 saturated carbocycles. The molecule has 3 rings (SSSR count). The number of hydrogen-bond donors (Lipinski definition) is 1. The first-order chi connectivity index (χ1) is 10.4. The second-order valence-electron chi connectivity index (χ2n) is 7.11. The van der Waals surface area contributed by atoms with Gasteiger partial charge in [-0.15, -0.1) is 0 Å². The molecule has 1 N–H and O–H groups in total. The van der Waals surface area contributed by atoms with Crippen molar-refractivity contribution in [1.82, 2.24) is 0 Å². The Morgan fingerprint density at radius 1 is 1.36 bits per heavy atom. The third-order valence-electron chi connectivity index (χ3n) is 5.70. The summed E-state index contributed by atoms with van der Waals surface area (Å²) in [5.74, 6) is 0.510. The van der Waals surface area contributed by atoms with Crippen LogP contribution in [-0.4, -0.2) is 17.0 Å². The summed E-state index contributed by atoms with van der Waals surface area (Å²) in [7, 11) is 0. The minimum atomic E-state index is -0.315. The standard InChI is InChI=1S/C19H23ClO2/c1-12-16-7-4-8-17(21)19(16,2)11-14(18(12)22)9-13-5-3-6-15(20)10-13/h3,5-6,9-10,12,16-17,21H,4,7-8,11H2,1-2H3/b14-9+/t12?,16?,17-,19-/m0/s1. The van der Waals surface area contributed by atoms with Crippen LogP contribution in [0.4, 0.5) is 0 Å². The summed E-state index contributed by atoms with van der Waals surface area (Å²) in [6, 6.07) is 7.56. The fourth-order valence-electron chi connectivity index (χ4n) is 4.40. The van der Waals surface area contributed by atoms with E-state index >= 15 is 0 Å². The third kappa shape index (κ3) is 2.63. The zero-order valence-corrected chi connectivity index (χ0v) is 13.9. The van der Waals surface area contributed by atoms with E-state index in [1.807, 2.05) is 37.3 Å². The highest BCUT2D eigenvalue weighted by Crippen LogP contribution is 2.53. The smallest absolute Gasteiger partial charge is 0.161 e. The van der Waals surface area contributed by atoms with Crippen LogP contribution in [0.5, 0.6) is 0 Å². The van der Waals surface area contributed by atoms with E-state index in [1.54, 1.807) is 0 Å². The Labute approximate surface area is 137 Å². The summed E-state index contributed by atoms with van der Waals surface area (Å²) in [6.07, 6.45) is 5.21. The van der Waals surface area contributed by atoms with E-state index in [0.717, 1.165) is 30.4 Å². The Kier molecular flexibility index (Phi) is 4.17. The minimum absolute atomic E-state index is 0.0147. The molecule has 2 fully saturated rings. The maximum Gasteiger partial charge on any atom is 0.161 e. The largest absolute Gasteiger partial charge is 0.393 e. The highest BCUT2D eigenvalue weighted by atomic mass is 35.5. The number of fused-ring (bicyclic) bond motifs is 1. The maximum absolute atomic E-state index is 12.7. The monoisotopic (exact) mass is 318 g/mol. The molecule has 118 valence electrons. The van der Waals surface area contributed by atoms with Crippen LogP contribution >= 0.6 is 11.6 Å². The molecule has 2 aliphatic carbocycles. The molecule has 0 heterocycles. The zero-order valence-electron chi connectivity index (χ0n) is 13.2. The van der Waals surface area contributed by atoms with Crippen LogP contribution in [0.15, 0.2) is 29.8 Å². The highest BCUT2D eigenvalue weighted by molar-refractivity contribution is 6.30. The molecule has 22 heavy (non-hydrogen) atoms. The third-order valence-corrected chi connectivity index (χ3v) is 5.93. The van der Waals surface area contributed by atoms with Gasteiger partial charge in [-0.3, -0.25) is 4.79 Å². The number of hydrogen-bond acceptors (Lipinski definition) is 2. The lowest BCUT2D eigenvalue weighted by Crippen LogP contribution is -2.51. The molecular weight excluding hydrogens is 296 g/mol. The molecule has 0 aliphatic heterocycles. The van der Waals surface area contributed by atoms with Crippen molar-refractivity contribution in [2.75, 3.05) is 0 Å². The van der Waals surface area contributed by atoms with Crippen molar-refractivity contribution in [2.45, 2.75) is 45.6 Å². The minimum Gasteiger partial charge on any atom is -0.393 e. The average Bonchev–Trinajstić information content (AvgIpc) is 2.47. The highest BCUT2D eigenvalue weighted by Gasteiger charge is 2.51. The van der Waals surface area contributed by atoms with E-state index in [1.165, 1.54) is 0 Å². The number of halogens is 1. The predicted molar refractivity (Wildman–Crippen MR) is 89.7 cm³/mol. The molecular formula is C19H23ClO2. The van der Waals surface area contributed by atoms with Gasteiger partial charge in [0.25, 0.3) is 0 Å². The van der Waals surface area contributed by atoms with Gasteiger partial charge in [-0.25, -0.2) is 0 Å².